The van der Waals surface area contributed by atoms with Crippen molar-refractivity contribution in [3.8, 4) is 0 Å². The molecule has 2 aliphatic carbocycles. The monoisotopic (exact) mass is 424 g/mol. The van der Waals surface area contributed by atoms with Crippen molar-refractivity contribution in [2.45, 2.75) is 31.2 Å². The predicted octanol–water partition coefficient (Wildman–Crippen LogP) is 2.54. The van der Waals surface area contributed by atoms with E-state index in [9.17, 15) is 14.4 Å². The molecule has 0 heterocycles. The molecule has 2 saturated carbocycles. The van der Waals surface area contributed by atoms with E-state index in [1.54, 1.807) is 14.1 Å². The highest BCUT2D eigenvalue weighted by Gasteiger charge is 2.55. The Kier molecular flexibility index (Phi) is 7.16. The molecule has 3 N–H and O–H groups in total. The van der Waals surface area contributed by atoms with E-state index >= 15 is 0 Å². The van der Waals surface area contributed by atoms with Crippen LogP contribution in [0.1, 0.15) is 25.7 Å². The second-order valence-electron chi connectivity index (χ2n) is 6.58. The molecule has 26 heavy (non-hydrogen) atoms. The minimum Gasteiger partial charge on any atom is -0.329 e. The lowest BCUT2D eigenvalue weighted by molar-refractivity contribution is -0.114. The lowest BCUT2D eigenvalue weighted by Crippen LogP contribution is -2.58. The SMILES string of the molecule is CNN(C)C(=O)NC(C=O)(C1CC1)C1CC1.O=CNc1ccc(Br)cc1. The van der Waals surface area contributed by atoms with Gasteiger partial charge in [0.25, 0.3) is 0 Å². The molecule has 142 valence electrons. The topological polar surface area (TPSA) is 90.5 Å². The summed E-state index contributed by atoms with van der Waals surface area (Å²) in [5, 5.41) is 6.81. The highest BCUT2D eigenvalue weighted by molar-refractivity contribution is 9.10. The average molecular weight is 425 g/mol. The van der Waals surface area contributed by atoms with Crippen LogP contribution < -0.4 is 16.1 Å². The zero-order valence-corrected chi connectivity index (χ0v) is 16.6. The second kappa shape index (κ2) is 9.14. The van der Waals surface area contributed by atoms with E-state index in [1.807, 2.05) is 24.3 Å². The fraction of sp³-hybridized carbons (Fsp3) is 0.500. The van der Waals surface area contributed by atoms with Gasteiger partial charge in [-0.05, 0) is 61.8 Å². The van der Waals surface area contributed by atoms with Gasteiger partial charge in [-0.15, -0.1) is 0 Å². The summed E-state index contributed by atoms with van der Waals surface area (Å²) in [4.78, 5) is 33.1. The molecule has 0 aromatic heterocycles. The van der Waals surface area contributed by atoms with Crippen LogP contribution in [-0.2, 0) is 9.59 Å². The zero-order valence-electron chi connectivity index (χ0n) is 15.0. The fourth-order valence-electron chi connectivity index (χ4n) is 2.87. The van der Waals surface area contributed by atoms with Crippen molar-refractivity contribution in [3.05, 3.63) is 28.7 Å². The van der Waals surface area contributed by atoms with E-state index in [4.69, 9.17) is 0 Å². The molecule has 0 bridgehead atoms. The summed E-state index contributed by atoms with van der Waals surface area (Å²) >= 11 is 3.28. The minimum atomic E-state index is -0.595. The van der Waals surface area contributed by atoms with Gasteiger partial charge in [0.15, 0.2) is 0 Å². The predicted molar refractivity (Wildman–Crippen MR) is 103 cm³/mol. The van der Waals surface area contributed by atoms with Crippen molar-refractivity contribution in [1.82, 2.24) is 15.8 Å². The Morgan fingerprint density at radius 2 is 1.69 bits per heavy atom. The molecule has 8 heteroatoms. The molecule has 3 amide bonds. The van der Waals surface area contributed by atoms with Gasteiger partial charge in [0, 0.05) is 24.3 Å². The molecule has 0 spiro atoms. The summed E-state index contributed by atoms with van der Waals surface area (Å²) in [5.74, 6) is 0.707. The van der Waals surface area contributed by atoms with Crippen LogP contribution >= 0.6 is 15.9 Å². The van der Waals surface area contributed by atoms with Crippen molar-refractivity contribution in [3.63, 3.8) is 0 Å². The van der Waals surface area contributed by atoms with Crippen LogP contribution in [0, 0.1) is 11.8 Å². The summed E-state index contributed by atoms with van der Waals surface area (Å²) in [7, 11) is 3.32. The van der Waals surface area contributed by atoms with Crippen molar-refractivity contribution in [2.24, 2.45) is 11.8 Å². The molecule has 0 aliphatic heterocycles. The largest absolute Gasteiger partial charge is 0.332 e. The van der Waals surface area contributed by atoms with E-state index < -0.39 is 5.54 Å². The maximum absolute atomic E-state index is 11.8. The number of carbonyl (C=O) groups is 3. The highest BCUT2D eigenvalue weighted by Crippen LogP contribution is 2.51. The molecule has 1 aromatic rings. The number of nitrogens with zero attached hydrogens (tertiary/aromatic N) is 1. The summed E-state index contributed by atoms with van der Waals surface area (Å²) < 4.78 is 1.00. The summed E-state index contributed by atoms with van der Waals surface area (Å²) in [6.07, 6.45) is 5.84. The number of nitrogens with one attached hydrogen (secondary N) is 3. The van der Waals surface area contributed by atoms with Gasteiger partial charge >= 0.3 is 6.03 Å². The maximum atomic E-state index is 11.8. The number of benzene rings is 1. The normalized spacial score (nSPS) is 16.0. The van der Waals surface area contributed by atoms with Crippen LogP contribution in [0.4, 0.5) is 10.5 Å². The first kappa shape index (κ1) is 20.4. The molecular formula is C18H25BrN4O3. The first-order chi connectivity index (χ1) is 12.5. The summed E-state index contributed by atoms with van der Waals surface area (Å²) in [5.41, 5.74) is 2.94. The first-order valence-electron chi connectivity index (χ1n) is 8.62. The number of hydrogen-bond acceptors (Lipinski definition) is 4. The van der Waals surface area contributed by atoms with Gasteiger partial charge in [0.1, 0.15) is 11.8 Å². The lowest BCUT2D eigenvalue weighted by Gasteiger charge is -2.31. The third kappa shape index (κ3) is 5.28. The Balaban J connectivity index is 0.000000209. The van der Waals surface area contributed by atoms with Crippen molar-refractivity contribution in [2.75, 3.05) is 19.4 Å². The first-order valence-corrected chi connectivity index (χ1v) is 9.41. The van der Waals surface area contributed by atoms with E-state index in [1.165, 1.54) is 5.01 Å². The lowest BCUT2D eigenvalue weighted by atomic mass is 9.89. The maximum Gasteiger partial charge on any atom is 0.332 e. The van der Waals surface area contributed by atoms with Crippen LogP contribution in [0.25, 0.3) is 0 Å². The minimum absolute atomic E-state index is 0.228. The number of halogens is 1. The van der Waals surface area contributed by atoms with Gasteiger partial charge < -0.3 is 15.4 Å². The second-order valence-corrected chi connectivity index (χ2v) is 7.50. The third-order valence-electron chi connectivity index (χ3n) is 4.73. The third-order valence-corrected chi connectivity index (χ3v) is 5.26. The van der Waals surface area contributed by atoms with Crippen molar-refractivity contribution >= 4 is 40.3 Å². The van der Waals surface area contributed by atoms with E-state index in [-0.39, 0.29) is 6.03 Å². The number of hydrazine groups is 1. The quantitative estimate of drug-likeness (QED) is 0.463. The Bertz CT molecular complexity index is 618. The number of aldehydes is 1. The molecule has 7 nitrogen and oxygen atoms in total. The van der Waals surface area contributed by atoms with Gasteiger partial charge in [0.05, 0.1) is 0 Å². The van der Waals surface area contributed by atoms with E-state index in [0.717, 1.165) is 42.1 Å². The van der Waals surface area contributed by atoms with Crippen LogP contribution in [0.5, 0.6) is 0 Å². The van der Waals surface area contributed by atoms with Gasteiger partial charge in [-0.25, -0.2) is 10.2 Å². The van der Waals surface area contributed by atoms with Gasteiger partial charge in [-0.1, -0.05) is 15.9 Å². The Labute approximate surface area is 162 Å². The van der Waals surface area contributed by atoms with Crippen molar-refractivity contribution in [1.29, 1.82) is 0 Å². The molecule has 0 unspecified atom stereocenters. The standard InChI is InChI=1S/C11H19N3O2.C7H6BrNO/c1-12-14(2)10(16)13-11(7-15,8-3-4-8)9-5-6-9;8-6-1-3-7(4-2-6)9-5-10/h7-9,12H,3-6H2,1-2H3,(H,13,16);1-5H,(H,9,10). The average Bonchev–Trinajstić information content (AvgIpc) is 3.53. The Hall–Kier alpha value is -1.93. The Morgan fingerprint density at radius 3 is 2.08 bits per heavy atom. The number of urea groups is 1. The van der Waals surface area contributed by atoms with Crippen LogP contribution in [0.2, 0.25) is 0 Å². The number of hydrogen-bond donors (Lipinski definition) is 3. The smallest absolute Gasteiger partial charge is 0.329 e. The van der Waals surface area contributed by atoms with Gasteiger partial charge in [-0.3, -0.25) is 9.80 Å². The van der Waals surface area contributed by atoms with Gasteiger partial charge in [0.2, 0.25) is 6.41 Å². The molecule has 2 fully saturated rings. The molecule has 0 atom stereocenters. The highest BCUT2D eigenvalue weighted by atomic mass is 79.9. The Morgan fingerprint density at radius 1 is 1.15 bits per heavy atom. The summed E-state index contributed by atoms with van der Waals surface area (Å²) in [6.45, 7) is 0. The molecule has 2 aliphatic rings. The fourth-order valence-corrected chi connectivity index (χ4v) is 3.13. The van der Waals surface area contributed by atoms with Crippen LogP contribution in [0.15, 0.2) is 28.7 Å². The molecule has 0 radical (unpaired) electrons. The van der Waals surface area contributed by atoms with Crippen LogP contribution in [-0.4, -0.2) is 43.4 Å². The molecule has 3 rings (SSSR count). The van der Waals surface area contributed by atoms with Crippen LogP contribution in [0.3, 0.4) is 0 Å². The van der Waals surface area contributed by atoms with Gasteiger partial charge in [-0.2, -0.15) is 0 Å². The zero-order chi connectivity index (χ0) is 19.2. The number of carbonyl (C=O) groups excluding carboxylic acids is 3. The number of anilines is 1. The summed E-state index contributed by atoms with van der Waals surface area (Å²) in [6, 6.07) is 7.14. The molecular weight excluding hydrogens is 400 g/mol. The molecule has 0 saturated heterocycles. The number of amides is 3. The van der Waals surface area contributed by atoms with E-state index in [0.29, 0.717) is 18.2 Å². The van der Waals surface area contributed by atoms with Crippen molar-refractivity contribution < 1.29 is 14.4 Å². The molecule has 1 aromatic carbocycles. The van der Waals surface area contributed by atoms with E-state index in [2.05, 4.69) is 32.0 Å². The number of rotatable bonds is 7.